The van der Waals surface area contributed by atoms with Gasteiger partial charge in [0.25, 0.3) is 0 Å². The highest BCUT2D eigenvalue weighted by Crippen LogP contribution is 2.18. The van der Waals surface area contributed by atoms with Gasteiger partial charge >= 0.3 is 0 Å². The van der Waals surface area contributed by atoms with Crippen LogP contribution in [-0.2, 0) is 0 Å². The van der Waals surface area contributed by atoms with Crippen molar-refractivity contribution < 1.29 is 0 Å². The minimum atomic E-state index is 1.08. The Kier molecular flexibility index (Phi) is 2.78. The van der Waals surface area contributed by atoms with Crippen LogP contribution in [0.25, 0.3) is 10.9 Å². The summed E-state index contributed by atoms with van der Waals surface area (Å²) in [5.74, 6) is 0. The summed E-state index contributed by atoms with van der Waals surface area (Å²) in [4.78, 5) is 4.33. The molecule has 2 rings (SSSR count). The highest BCUT2D eigenvalue weighted by molar-refractivity contribution is 5.82. The van der Waals surface area contributed by atoms with E-state index in [1.165, 1.54) is 17.4 Å². The van der Waals surface area contributed by atoms with Gasteiger partial charge < -0.3 is 0 Å². The van der Waals surface area contributed by atoms with E-state index >= 15 is 0 Å². The SMILES string of the molecule is CCC[CH]c1ccnc2ccccc12. The van der Waals surface area contributed by atoms with E-state index < -0.39 is 0 Å². The molecule has 0 fully saturated rings. The molecular formula is C13H14N. The molecule has 0 amide bonds. The quantitative estimate of drug-likeness (QED) is 0.710. The molecule has 0 aliphatic heterocycles. The first-order valence-electron chi connectivity index (χ1n) is 5.09. The summed E-state index contributed by atoms with van der Waals surface area (Å²) >= 11 is 0. The topological polar surface area (TPSA) is 12.9 Å². The normalized spacial score (nSPS) is 10.6. The van der Waals surface area contributed by atoms with Gasteiger partial charge in [-0.25, -0.2) is 0 Å². The monoisotopic (exact) mass is 184 g/mol. The van der Waals surface area contributed by atoms with Crippen LogP contribution in [0, 0.1) is 6.42 Å². The number of rotatable bonds is 3. The Labute approximate surface area is 84.8 Å². The predicted molar refractivity (Wildman–Crippen MR) is 60.1 cm³/mol. The van der Waals surface area contributed by atoms with E-state index in [2.05, 4.69) is 42.6 Å². The number of aromatic nitrogens is 1. The Morgan fingerprint density at radius 2 is 2.07 bits per heavy atom. The zero-order valence-electron chi connectivity index (χ0n) is 8.40. The fraction of sp³-hybridized carbons (Fsp3) is 0.231. The average Bonchev–Trinajstić information content (AvgIpc) is 2.26. The number of benzene rings is 1. The van der Waals surface area contributed by atoms with Crippen molar-refractivity contribution in [1.29, 1.82) is 0 Å². The fourth-order valence-corrected chi connectivity index (χ4v) is 1.60. The summed E-state index contributed by atoms with van der Waals surface area (Å²) in [7, 11) is 0. The van der Waals surface area contributed by atoms with Crippen LogP contribution in [0.5, 0.6) is 0 Å². The third-order valence-corrected chi connectivity index (χ3v) is 2.34. The highest BCUT2D eigenvalue weighted by Gasteiger charge is 1.99. The van der Waals surface area contributed by atoms with Crippen LogP contribution in [0.1, 0.15) is 25.3 Å². The Morgan fingerprint density at radius 1 is 1.21 bits per heavy atom. The number of para-hydroxylation sites is 1. The molecule has 1 heterocycles. The van der Waals surface area contributed by atoms with E-state index in [0.717, 1.165) is 11.9 Å². The molecule has 1 radical (unpaired) electrons. The van der Waals surface area contributed by atoms with Crippen LogP contribution < -0.4 is 0 Å². The lowest BCUT2D eigenvalue weighted by molar-refractivity contribution is 0.915. The summed E-state index contributed by atoms with van der Waals surface area (Å²) in [6.07, 6.45) is 6.48. The molecule has 0 spiro atoms. The molecule has 0 aliphatic carbocycles. The van der Waals surface area contributed by atoms with Gasteiger partial charge in [0.05, 0.1) is 5.52 Å². The Bertz CT molecular complexity index is 415. The van der Waals surface area contributed by atoms with Gasteiger partial charge in [-0.15, -0.1) is 0 Å². The number of pyridine rings is 1. The molecule has 0 atom stereocenters. The first-order chi connectivity index (χ1) is 6.92. The van der Waals surface area contributed by atoms with Crippen molar-refractivity contribution in [3.63, 3.8) is 0 Å². The second-order valence-corrected chi connectivity index (χ2v) is 3.41. The standard InChI is InChI=1S/C13H14N/c1-2-3-6-11-9-10-14-13-8-5-4-7-12(11)13/h4-10H,2-3H2,1H3. The van der Waals surface area contributed by atoms with Crippen molar-refractivity contribution in [3.8, 4) is 0 Å². The minimum absolute atomic E-state index is 1.08. The highest BCUT2D eigenvalue weighted by atomic mass is 14.6. The molecule has 0 saturated heterocycles. The van der Waals surface area contributed by atoms with E-state index in [9.17, 15) is 0 Å². The van der Waals surface area contributed by atoms with Crippen molar-refractivity contribution in [2.24, 2.45) is 0 Å². The molecule has 1 aromatic heterocycles. The maximum Gasteiger partial charge on any atom is 0.0704 e. The molecule has 0 bridgehead atoms. The van der Waals surface area contributed by atoms with Gasteiger partial charge in [0.15, 0.2) is 0 Å². The van der Waals surface area contributed by atoms with Crippen molar-refractivity contribution >= 4 is 10.9 Å². The van der Waals surface area contributed by atoms with Crippen LogP contribution in [0.3, 0.4) is 0 Å². The Morgan fingerprint density at radius 3 is 2.93 bits per heavy atom. The van der Waals surface area contributed by atoms with Crippen molar-refractivity contribution in [3.05, 3.63) is 48.5 Å². The molecule has 2 aromatic rings. The number of hydrogen-bond donors (Lipinski definition) is 0. The summed E-state index contributed by atoms with van der Waals surface area (Å²) in [6.45, 7) is 2.19. The smallest absolute Gasteiger partial charge is 0.0704 e. The summed E-state index contributed by atoms with van der Waals surface area (Å²) < 4.78 is 0. The van der Waals surface area contributed by atoms with Crippen molar-refractivity contribution in [1.82, 2.24) is 4.98 Å². The van der Waals surface area contributed by atoms with Gasteiger partial charge in [-0.2, -0.15) is 0 Å². The largest absolute Gasteiger partial charge is 0.256 e. The van der Waals surface area contributed by atoms with Gasteiger partial charge in [-0.1, -0.05) is 31.5 Å². The van der Waals surface area contributed by atoms with Gasteiger partial charge in [-0.05, 0) is 30.5 Å². The van der Waals surface area contributed by atoms with E-state index in [1.54, 1.807) is 0 Å². The number of hydrogen-bond acceptors (Lipinski definition) is 1. The number of unbranched alkanes of at least 4 members (excludes halogenated alkanes) is 1. The second-order valence-electron chi connectivity index (χ2n) is 3.41. The second kappa shape index (κ2) is 4.23. The Balaban J connectivity index is 2.43. The van der Waals surface area contributed by atoms with Crippen molar-refractivity contribution in [2.75, 3.05) is 0 Å². The molecule has 1 aromatic carbocycles. The summed E-state index contributed by atoms with van der Waals surface area (Å²) in [5, 5.41) is 1.25. The van der Waals surface area contributed by atoms with E-state index in [4.69, 9.17) is 0 Å². The lowest BCUT2D eigenvalue weighted by Gasteiger charge is -2.03. The van der Waals surface area contributed by atoms with E-state index in [1.807, 2.05) is 12.3 Å². The van der Waals surface area contributed by atoms with Gasteiger partial charge in [0, 0.05) is 11.6 Å². The summed E-state index contributed by atoms with van der Waals surface area (Å²) in [5.41, 5.74) is 2.38. The molecule has 1 heteroatoms. The molecule has 14 heavy (non-hydrogen) atoms. The van der Waals surface area contributed by atoms with E-state index in [0.29, 0.717) is 0 Å². The molecule has 0 saturated carbocycles. The predicted octanol–water partition coefficient (Wildman–Crippen LogP) is 3.59. The Hall–Kier alpha value is -1.37. The fourth-order valence-electron chi connectivity index (χ4n) is 1.60. The molecule has 0 aliphatic rings. The maximum absolute atomic E-state index is 4.33. The van der Waals surface area contributed by atoms with Crippen molar-refractivity contribution in [2.45, 2.75) is 19.8 Å². The van der Waals surface area contributed by atoms with Crippen LogP contribution in [0.4, 0.5) is 0 Å². The summed E-state index contributed by atoms with van der Waals surface area (Å²) in [6, 6.07) is 10.4. The first-order valence-corrected chi connectivity index (χ1v) is 5.09. The molecule has 1 nitrogen and oxygen atoms in total. The molecule has 0 N–H and O–H groups in total. The number of nitrogens with zero attached hydrogens (tertiary/aromatic N) is 1. The number of fused-ring (bicyclic) bond motifs is 1. The first kappa shape index (κ1) is 9.20. The maximum atomic E-state index is 4.33. The third kappa shape index (κ3) is 1.77. The van der Waals surface area contributed by atoms with Crippen LogP contribution >= 0.6 is 0 Å². The van der Waals surface area contributed by atoms with Gasteiger partial charge in [0.1, 0.15) is 0 Å². The minimum Gasteiger partial charge on any atom is -0.256 e. The van der Waals surface area contributed by atoms with E-state index in [-0.39, 0.29) is 0 Å². The van der Waals surface area contributed by atoms with Crippen LogP contribution in [-0.4, -0.2) is 4.98 Å². The van der Waals surface area contributed by atoms with Gasteiger partial charge in [-0.3, -0.25) is 4.98 Å². The van der Waals surface area contributed by atoms with Crippen LogP contribution in [0.2, 0.25) is 0 Å². The van der Waals surface area contributed by atoms with Crippen LogP contribution in [0.15, 0.2) is 36.5 Å². The lowest BCUT2D eigenvalue weighted by Crippen LogP contribution is -1.86. The third-order valence-electron chi connectivity index (χ3n) is 2.34. The zero-order valence-corrected chi connectivity index (χ0v) is 8.40. The average molecular weight is 184 g/mol. The molecular weight excluding hydrogens is 170 g/mol. The molecule has 0 unspecified atom stereocenters. The zero-order chi connectivity index (χ0) is 9.80. The van der Waals surface area contributed by atoms with Gasteiger partial charge in [0.2, 0.25) is 0 Å². The molecule has 71 valence electrons. The lowest BCUT2D eigenvalue weighted by atomic mass is 10.0.